The van der Waals surface area contributed by atoms with Gasteiger partial charge in [0.25, 0.3) is 0 Å². The van der Waals surface area contributed by atoms with Gasteiger partial charge in [0.1, 0.15) is 39.3 Å². The summed E-state index contributed by atoms with van der Waals surface area (Å²) in [5, 5.41) is 5.23. The van der Waals surface area contributed by atoms with Gasteiger partial charge in [0.15, 0.2) is 25.5 Å². The van der Waals surface area contributed by atoms with Crippen LogP contribution in [0.4, 0.5) is 11.4 Å². The number of thioether (sulfide) groups is 2. The Kier molecular flexibility index (Phi) is 9.41. The van der Waals surface area contributed by atoms with Crippen LogP contribution in [0.1, 0.15) is 24.0 Å². The minimum atomic E-state index is 1.07. The maximum absolute atomic E-state index is 2.50. The number of rotatable bonds is 10. The zero-order chi connectivity index (χ0) is 37.7. The van der Waals surface area contributed by atoms with Gasteiger partial charge in [-0.1, -0.05) is 72.1 Å². The van der Waals surface area contributed by atoms with Gasteiger partial charge < -0.3 is 18.8 Å². The highest BCUT2D eigenvalue weighted by Crippen LogP contribution is 2.47. The van der Waals surface area contributed by atoms with Crippen LogP contribution in [0.25, 0.3) is 34.0 Å². The first-order chi connectivity index (χ1) is 27.5. The fraction of sp³-hybridized carbons (Fsp3) is 0.292. The summed E-state index contributed by atoms with van der Waals surface area (Å²) in [6, 6.07) is 40.0. The molecule has 5 aliphatic rings. The molecule has 4 aromatic carbocycles. The van der Waals surface area contributed by atoms with Crippen molar-refractivity contribution in [1.82, 2.24) is 0 Å². The first-order valence-electron chi connectivity index (χ1n) is 20.4. The van der Waals surface area contributed by atoms with Crippen molar-refractivity contribution in [2.45, 2.75) is 35.7 Å². The van der Waals surface area contributed by atoms with Crippen molar-refractivity contribution in [2.24, 2.45) is 0 Å². The summed E-state index contributed by atoms with van der Waals surface area (Å²) >= 11 is 3.73. The Morgan fingerprint density at radius 3 is 1.34 bits per heavy atom. The normalized spacial score (nSPS) is 22.8. The quantitative estimate of drug-likeness (QED) is 0.102. The number of anilines is 2. The molecule has 3 saturated heterocycles. The monoisotopic (exact) mass is 776 g/mol. The van der Waals surface area contributed by atoms with Gasteiger partial charge in [-0.05, 0) is 59.7 Å². The smallest absolute Gasteiger partial charge is 0.213 e. The highest BCUT2D eigenvalue weighted by Gasteiger charge is 2.48. The van der Waals surface area contributed by atoms with E-state index in [0.717, 1.165) is 13.1 Å². The third-order valence-corrected chi connectivity index (χ3v) is 15.6. The van der Waals surface area contributed by atoms with E-state index in [1.807, 2.05) is 23.5 Å². The second-order valence-corrected chi connectivity index (χ2v) is 18.5. The summed E-state index contributed by atoms with van der Waals surface area (Å²) in [6.45, 7) is 12.7. The lowest BCUT2D eigenvalue weighted by Gasteiger charge is -2.55. The van der Waals surface area contributed by atoms with E-state index in [1.165, 1.54) is 138 Å². The molecule has 282 valence electrons. The third-order valence-electron chi connectivity index (χ3n) is 13.2. The predicted molar refractivity (Wildman–Crippen MR) is 234 cm³/mol. The number of quaternary nitrogens is 2. The van der Waals surface area contributed by atoms with E-state index in [9.17, 15) is 0 Å². The number of aryl methyl sites for hydroxylation is 2. The van der Waals surface area contributed by atoms with E-state index in [2.05, 4.69) is 167 Å². The Hall–Kier alpha value is -4.60. The molecule has 56 heavy (non-hydrogen) atoms. The molecule has 8 heteroatoms. The molecule has 0 atom stereocenters. The average Bonchev–Trinajstić information content (AvgIpc) is 3.74. The van der Waals surface area contributed by atoms with Crippen LogP contribution in [0, 0.1) is 0 Å². The first kappa shape index (κ1) is 35.8. The van der Waals surface area contributed by atoms with E-state index in [-0.39, 0.29) is 0 Å². The van der Waals surface area contributed by atoms with Gasteiger partial charge in [-0.25, -0.2) is 0 Å². The van der Waals surface area contributed by atoms with Crippen molar-refractivity contribution in [3.63, 3.8) is 0 Å². The average molecular weight is 777 g/mol. The van der Waals surface area contributed by atoms with Crippen LogP contribution in [0.3, 0.4) is 0 Å². The number of piperazine rings is 3. The molecule has 0 spiro atoms. The van der Waals surface area contributed by atoms with Gasteiger partial charge >= 0.3 is 0 Å². The van der Waals surface area contributed by atoms with Gasteiger partial charge in [-0.15, -0.1) is 0 Å². The van der Waals surface area contributed by atoms with Crippen LogP contribution >= 0.6 is 23.5 Å². The largest absolute Gasteiger partial charge is 0.338 e. The number of nitrogens with zero attached hydrogens (tertiary/aromatic N) is 6. The molecule has 0 radical (unpaired) electrons. The summed E-state index contributed by atoms with van der Waals surface area (Å²) in [4.78, 5) is 7.30. The Balaban J connectivity index is 0.754. The Morgan fingerprint density at radius 2 is 0.911 bits per heavy atom. The van der Waals surface area contributed by atoms with Crippen LogP contribution < -0.4 is 18.9 Å². The van der Waals surface area contributed by atoms with Gasteiger partial charge in [0.05, 0.1) is 58.1 Å². The zero-order valence-electron chi connectivity index (χ0n) is 32.7. The van der Waals surface area contributed by atoms with E-state index >= 15 is 0 Å². The van der Waals surface area contributed by atoms with E-state index in [1.54, 1.807) is 0 Å². The number of hydrogen-bond acceptors (Lipinski definition) is 4. The molecule has 2 aromatic heterocycles. The summed E-state index contributed by atoms with van der Waals surface area (Å²) in [5.41, 5.74) is 7.84. The highest BCUT2D eigenvalue weighted by atomic mass is 32.2. The van der Waals surface area contributed by atoms with Gasteiger partial charge in [0, 0.05) is 48.2 Å². The molecular formula is C48H52N6S2+4. The molecule has 5 aliphatic heterocycles. The van der Waals surface area contributed by atoms with Crippen molar-refractivity contribution in [1.29, 1.82) is 0 Å². The molecule has 0 N–H and O–H groups in total. The number of hydrogen-bond donors (Lipinski definition) is 0. The van der Waals surface area contributed by atoms with Crippen LogP contribution in [-0.4, -0.2) is 75.4 Å². The van der Waals surface area contributed by atoms with Crippen LogP contribution in [0.5, 0.6) is 0 Å². The maximum Gasteiger partial charge on any atom is 0.213 e. The van der Waals surface area contributed by atoms with Gasteiger partial charge in [-0.3, -0.25) is 0 Å². The Morgan fingerprint density at radius 1 is 0.518 bits per heavy atom. The highest BCUT2D eigenvalue weighted by molar-refractivity contribution is 8.04. The van der Waals surface area contributed by atoms with Crippen LogP contribution in [0.2, 0.25) is 0 Å². The van der Waals surface area contributed by atoms with Crippen LogP contribution in [-0.2, 0) is 13.1 Å². The fourth-order valence-corrected chi connectivity index (χ4v) is 12.0. The number of pyridine rings is 2. The fourth-order valence-electron chi connectivity index (χ4n) is 9.79. The number of benzene rings is 4. The SMILES string of the molecule is CN1/C(=C/c2cc[n+](CCC[N+]34CC[N+](CCC[n+]5ccc(/C=C6/Sc7ccccc7N6C)c6ccccc65)(CC3)CC4)c3ccccc23)Sc2ccccc21. The number of aromatic nitrogens is 2. The maximum atomic E-state index is 2.50. The molecule has 2 bridgehead atoms. The molecular weight excluding hydrogens is 725 g/mol. The molecule has 6 aromatic rings. The summed E-state index contributed by atoms with van der Waals surface area (Å²) in [6.07, 6.45) is 11.8. The lowest BCUT2D eigenvalue weighted by atomic mass is 10.0. The van der Waals surface area contributed by atoms with Crippen molar-refractivity contribution in [3.8, 4) is 0 Å². The summed E-state index contributed by atoms with van der Waals surface area (Å²) < 4.78 is 7.64. The molecule has 11 rings (SSSR count). The zero-order valence-corrected chi connectivity index (χ0v) is 34.3. The van der Waals surface area contributed by atoms with Crippen molar-refractivity contribution in [2.75, 3.05) is 76.3 Å². The topological polar surface area (TPSA) is 14.2 Å². The minimum absolute atomic E-state index is 1.07. The van der Waals surface area contributed by atoms with Gasteiger partial charge in [-0.2, -0.15) is 9.13 Å². The molecule has 0 amide bonds. The molecule has 0 saturated carbocycles. The Labute approximate surface area is 340 Å². The van der Waals surface area contributed by atoms with E-state index in [4.69, 9.17) is 0 Å². The van der Waals surface area contributed by atoms with Crippen LogP contribution in [0.15, 0.2) is 141 Å². The third kappa shape index (κ3) is 6.60. The Bertz CT molecular complexity index is 2330. The summed E-state index contributed by atoms with van der Waals surface area (Å²) in [7, 11) is 4.36. The molecule has 0 unspecified atom stereocenters. The minimum Gasteiger partial charge on any atom is -0.338 e. The molecule has 3 fully saturated rings. The van der Waals surface area contributed by atoms with Crippen molar-refractivity contribution < 1.29 is 18.1 Å². The van der Waals surface area contributed by atoms with Crippen molar-refractivity contribution in [3.05, 3.63) is 143 Å². The second kappa shape index (κ2) is 14.7. The first-order valence-corrected chi connectivity index (χ1v) is 22.1. The molecule has 6 nitrogen and oxygen atoms in total. The number of para-hydroxylation sites is 4. The number of fused-ring (bicyclic) bond motifs is 7. The predicted octanol–water partition coefficient (Wildman–Crippen LogP) is 8.79. The van der Waals surface area contributed by atoms with E-state index in [0.29, 0.717) is 0 Å². The van der Waals surface area contributed by atoms with Crippen molar-refractivity contribution >= 4 is 68.9 Å². The lowest BCUT2D eigenvalue weighted by Crippen LogP contribution is -2.75. The molecule has 0 aliphatic carbocycles. The van der Waals surface area contributed by atoms with Gasteiger partial charge in [0.2, 0.25) is 11.0 Å². The second-order valence-electron chi connectivity index (χ2n) is 16.4. The molecule has 7 heterocycles. The standard InChI is InChI=1S/C48H52N6S2/c1-49-43-17-7-9-19-45(43)55-47(49)35-37-21-25-51(41-15-5-3-13-39(37)41)23-11-27-53-29-32-54(33-30-53,34-31-53)28-12-24-52-26-22-38(40-14-4-6-16-42(40)52)36-48-50(2)44-18-8-10-20-46(44)56-48/h3-10,13-22,25-26,35-36H,11-12,23-24,27-34H2,1-2H3/q+4. The van der Waals surface area contributed by atoms with E-state index < -0.39 is 0 Å². The lowest BCUT2D eigenvalue weighted by molar-refractivity contribution is -1.08. The summed E-state index contributed by atoms with van der Waals surface area (Å²) in [5.74, 6) is 0.